The number of anilines is 1. The highest BCUT2D eigenvalue weighted by atomic mass is 16.5. The summed E-state index contributed by atoms with van der Waals surface area (Å²) in [6.45, 7) is 0. The van der Waals surface area contributed by atoms with Gasteiger partial charge in [-0.25, -0.2) is 4.68 Å². The predicted octanol–water partition coefficient (Wildman–Crippen LogP) is 0.827. The van der Waals surface area contributed by atoms with E-state index in [0.29, 0.717) is 5.75 Å². The molecule has 0 bridgehead atoms. The van der Waals surface area contributed by atoms with E-state index in [1.807, 2.05) is 0 Å². The summed E-state index contributed by atoms with van der Waals surface area (Å²) in [6.07, 6.45) is 6.50. The molecule has 0 fully saturated rings. The normalized spacial score (nSPS) is 10.3. The lowest BCUT2D eigenvalue weighted by Gasteiger charge is -2.05. The lowest BCUT2D eigenvalue weighted by atomic mass is 10.5. The van der Waals surface area contributed by atoms with Crippen molar-refractivity contribution < 1.29 is 4.74 Å². The molecule has 0 aliphatic heterocycles. The van der Waals surface area contributed by atoms with E-state index in [1.165, 1.54) is 4.68 Å². The molecule has 0 amide bonds. The predicted molar refractivity (Wildman–Crippen MR) is 65.7 cm³/mol. The Bertz CT molecular complexity index is 669. The zero-order chi connectivity index (χ0) is 13.1. The van der Waals surface area contributed by atoms with E-state index in [4.69, 9.17) is 10.5 Å². The van der Waals surface area contributed by atoms with Crippen molar-refractivity contribution >= 4 is 5.95 Å². The molecule has 0 saturated carbocycles. The average Bonchev–Trinajstić information content (AvgIpc) is 2.93. The summed E-state index contributed by atoms with van der Waals surface area (Å²) in [5.74, 6) is 0.857. The van der Waals surface area contributed by atoms with Crippen LogP contribution in [0.2, 0.25) is 0 Å². The summed E-state index contributed by atoms with van der Waals surface area (Å²) >= 11 is 0. The average molecular weight is 255 g/mol. The lowest BCUT2D eigenvalue weighted by molar-refractivity contribution is 0.436. The molecule has 0 atom stereocenters. The highest BCUT2D eigenvalue weighted by Crippen LogP contribution is 2.17. The van der Waals surface area contributed by atoms with Crippen molar-refractivity contribution in [3.8, 4) is 17.7 Å². The van der Waals surface area contributed by atoms with Crippen molar-refractivity contribution in [2.75, 3.05) is 5.73 Å². The quantitative estimate of drug-likeness (QED) is 0.738. The molecule has 0 aliphatic carbocycles. The van der Waals surface area contributed by atoms with Gasteiger partial charge in [-0.15, -0.1) is 0 Å². The first-order valence-electron chi connectivity index (χ1n) is 5.41. The molecule has 3 aromatic heterocycles. The smallest absolute Gasteiger partial charge is 0.328 e. The zero-order valence-corrected chi connectivity index (χ0v) is 9.71. The van der Waals surface area contributed by atoms with E-state index in [2.05, 4.69) is 25.0 Å². The molecule has 3 rings (SSSR count). The number of pyridine rings is 1. The van der Waals surface area contributed by atoms with E-state index >= 15 is 0 Å². The molecule has 19 heavy (non-hydrogen) atoms. The Morgan fingerprint density at radius 1 is 1.11 bits per heavy atom. The number of hydrogen-bond acceptors (Lipinski definition) is 7. The SMILES string of the molecule is Nc1nc(Oc2cccnc2)nc(-n2cccn2)n1. The van der Waals surface area contributed by atoms with Crippen LogP contribution in [0, 0.1) is 0 Å². The highest BCUT2D eigenvalue weighted by Gasteiger charge is 2.08. The molecular formula is C11H9N7O. The largest absolute Gasteiger partial charge is 0.422 e. The van der Waals surface area contributed by atoms with Gasteiger partial charge in [-0.1, -0.05) is 0 Å². The molecule has 8 nitrogen and oxygen atoms in total. The first kappa shape index (κ1) is 11.1. The summed E-state index contributed by atoms with van der Waals surface area (Å²) in [6, 6.07) is 5.32. The maximum absolute atomic E-state index is 5.62. The van der Waals surface area contributed by atoms with Crippen molar-refractivity contribution in [1.82, 2.24) is 29.7 Å². The number of rotatable bonds is 3. The van der Waals surface area contributed by atoms with Crippen LogP contribution in [0.25, 0.3) is 5.95 Å². The van der Waals surface area contributed by atoms with Gasteiger partial charge in [0.15, 0.2) is 0 Å². The van der Waals surface area contributed by atoms with Crippen LogP contribution in [0.1, 0.15) is 0 Å². The van der Waals surface area contributed by atoms with E-state index < -0.39 is 0 Å². The van der Waals surface area contributed by atoms with Crippen LogP contribution in [-0.4, -0.2) is 29.7 Å². The third-order valence-electron chi connectivity index (χ3n) is 2.17. The van der Waals surface area contributed by atoms with Gasteiger partial charge in [0, 0.05) is 18.6 Å². The standard InChI is InChI=1S/C11H9N7O/c12-9-15-10(18-6-2-5-14-18)17-11(16-9)19-8-3-1-4-13-7-8/h1-7H,(H2,12,15,16,17). The maximum Gasteiger partial charge on any atom is 0.328 e. The first-order valence-corrected chi connectivity index (χ1v) is 5.41. The number of nitrogens with zero attached hydrogens (tertiary/aromatic N) is 6. The second-order valence-corrected chi connectivity index (χ2v) is 3.52. The van der Waals surface area contributed by atoms with Crippen molar-refractivity contribution in [3.63, 3.8) is 0 Å². The third kappa shape index (κ3) is 2.46. The molecule has 8 heteroatoms. The number of aromatic nitrogens is 6. The molecule has 0 saturated heterocycles. The van der Waals surface area contributed by atoms with Gasteiger partial charge < -0.3 is 10.5 Å². The Kier molecular flexibility index (Phi) is 2.73. The Morgan fingerprint density at radius 2 is 2.05 bits per heavy atom. The first-order chi connectivity index (χ1) is 9.31. The van der Waals surface area contributed by atoms with Crippen molar-refractivity contribution in [2.24, 2.45) is 0 Å². The summed E-state index contributed by atoms with van der Waals surface area (Å²) in [7, 11) is 0. The van der Waals surface area contributed by atoms with E-state index in [9.17, 15) is 0 Å². The monoisotopic (exact) mass is 255 g/mol. The Labute approximate surface area is 107 Å². The van der Waals surface area contributed by atoms with Crippen LogP contribution in [-0.2, 0) is 0 Å². The van der Waals surface area contributed by atoms with Gasteiger partial charge in [-0.3, -0.25) is 4.98 Å². The van der Waals surface area contributed by atoms with Gasteiger partial charge in [0.1, 0.15) is 5.75 Å². The summed E-state index contributed by atoms with van der Waals surface area (Å²) < 4.78 is 6.92. The molecule has 0 aromatic carbocycles. The van der Waals surface area contributed by atoms with E-state index in [-0.39, 0.29) is 17.9 Å². The van der Waals surface area contributed by atoms with Crippen molar-refractivity contribution in [1.29, 1.82) is 0 Å². The fourth-order valence-corrected chi connectivity index (χ4v) is 1.41. The molecule has 0 radical (unpaired) electrons. The van der Waals surface area contributed by atoms with Crippen LogP contribution in [0.5, 0.6) is 11.8 Å². The number of nitrogens with two attached hydrogens (primary N) is 1. The highest BCUT2D eigenvalue weighted by molar-refractivity contribution is 5.27. The van der Waals surface area contributed by atoms with Gasteiger partial charge in [0.05, 0.1) is 6.20 Å². The molecule has 0 spiro atoms. The fourth-order valence-electron chi connectivity index (χ4n) is 1.41. The third-order valence-corrected chi connectivity index (χ3v) is 2.17. The van der Waals surface area contributed by atoms with Gasteiger partial charge >= 0.3 is 6.01 Å². The molecular weight excluding hydrogens is 246 g/mol. The van der Waals surface area contributed by atoms with E-state index in [1.54, 1.807) is 43.0 Å². The van der Waals surface area contributed by atoms with Crippen LogP contribution in [0.3, 0.4) is 0 Å². The molecule has 3 heterocycles. The molecule has 2 N–H and O–H groups in total. The lowest BCUT2D eigenvalue weighted by Crippen LogP contribution is -2.07. The van der Waals surface area contributed by atoms with E-state index in [0.717, 1.165) is 0 Å². The van der Waals surface area contributed by atoms with Crippen LogP contribution in [0.4, 0.5) is 5.95 Å². The van der Waals surface area contributed by atoms with Crippen LogP contribution >= 0.6 is 0 Å². The Balaban J connectivity index is 1.94. The molecule has 0 unspecified atom stereocenters. The minimum absolute atomic E-state index is 0.0550. The maximum atomic E-state index is 5.62. The molecule has 0 aliphatic rings. The summed E-state index contributed by atoms with van der Waals surface area (Å²) in [4.78, 5) is 15.9. The topological polar surface area (TPSA) is 105 Å². The minimum atomic E-state index is 0.0550. The van der Waals surface area contributed by atoms with Crippen LogP contribution in [0.15, 0.2) is 43.0 Å². The second-order valence-electron chi connectivity index (χ2n) is 3.52. The van der Waals surface area contributed by atoms with Gasteiger partial charge in [-0.05, 0) is 18.2 Å². The Hall–Kier alpha value is -3.03. The van der Waals surface area contributed by atoms with Gasteiger partial charge in [-0.2, -0.15) is 20.1 Å². The van der Waals surface area contributed by atoms with Gasteiger partial charge in [0.25, 0.3) is 5.95 Å². The fraction of sp³-hybridized carbons (Fsp3) is 0. The van der Waals surface area contributed by atoms with Crippen molar-refractivity contribution in [2.45, 2.75) is 0 Å². The minimum Gasteiger partial charge on any atom is -0.422 e. The number of hydrogen-bond donors (Lipinski definition) is 1. The summed E-state index contributed by atoms with van der Waals surface area (Å²) in [5, 5.41) is 4.02. The summed E-state index contributed by atoms with van der Waals surface area (Å²) in [5.41, 5.74) is 5.62. The molecule has 94 valence electrons. The van der Waals surface area contributed by atoms with Crippen molar-refractivity contribution in [3.05, 3.63) is 43.0 Å². The zero-order valence-electron chi connectivity index (χ0n) is 9.71. The second kappa shape index (κ2) is 4.69. The van der Waals surface area contributed by atoms with Gasteiger partial charge in [0.2, 0.25) is 5.95 Å². The number of nitrogen functional groups attached to an aromatic ring is 1. The number of ether oxygens (including phenoxy) is 1. The molecule has 3 aromatic rings. The van der Waals surface area contributed by atoms with Crippen LogP contribution < -0.4 is 10.5 Å². The Morgan fingerprint density at radius 3 is 2.79 bits per heavy atom.